The Morgan fingerprint density at radius 2 is 1.52 bits per heavy atom. The first-order valence-corrected chi connectivity index (χ1v) is 10.1. The molecular weight excluding hydrogens is 424 g/mol. The van der Waals surface area contributed by atoms with Crippen LogP contribution in [0.15, 0.2) is 72.8 Å². The van der Waals surface area contributed by atoms with Crippen molar-refractivity contribution in [2.75, 3.05) is 32.7 Å². The van der Waals surface area contributed by atoms with E-state index in [0.717, 1.165) is 11.1 Å². The Labute approximate surface area is 191 Å². The molecule has 0 aliphatic heterocycles. The Balaban J connectivity index is 1.50. The minimum Gasteiger partial charge on any atom is -0.493 e. The van der Waals surface area contributed by atoms with E-state index in [4.69, 9.17) is 14.2 Å². The lowest BCUT2D eigenvalue weighted by atomic mass is 10.0. The summed E-state index contributed by atoms with van der Waals surface area (Å²) in [7, 11) is 2.95. The van der Waals surface area contributed by atoms with Crippen LogP contribution < -0.4 is 20.1 Å². The first-order chi connectivity index (χ1) is 16.0. The molecule has 0 saturated heterocycles. The van der Waals surface area contributed by atoms with Crippen LogP contribution in [0.1, 0.15) is 10.4 Å². The van der Waals surface area contributed by atoms with E-state index in [0.29, 0.717) is 17.2 Å². The molecule has 0 fully saturated rings. The molecule has 2 amide bonds. The van der Waals surface area contributed by atoms with Crippen LogP contribution in [0.5, 0.6) is 11.5 Å². The molecule has 0 bridgehead atoms. The topological polar surface area (TPSA) is 103 Å². The molecule has 0 atom stereocenters. The molecule has 0 unspecified atom stereocenters. The van der Waals surface area contributed by atoms with E-state index >= 15 is 0 Å². The molecule has 170 valence electrons. The molecule has 0 aliphatic rings. The van der Waals surface area contributed by atoms with Gasteiger partial charge in [-0.3, -0.25) is 14.4 Å². The number of nitrogens with one attached hydrogen (secondary N) is 2. The summed E-state index contributed by atoms with van der Waals surface area (Å²) < 4.78 is 15.3. The molecule has 3 aromatic carbocycles. The molecule has 3 rings (SSSR count). The number of para-hydroxylation sites is 1. The fourth-order valence-corrected chi connectivity index (χ4v) is 3.08. The molecule has 0 aromatic heterocycles. The van der Waals surface area contributed by atoms with E-state index in [1.807, 2.05) is 42.5 Å². The minimum absolute atomic E-state index is 0.288. The summed E-state index contributed by atoms with van der Waals surface area (Å²) in [6, 6.07) is 21.6. The van der Waals surface area contributed by atoms with Gasteiger partial charge in [0, 0.05) is 16.8 Å². The van der Waals surface area contributed by atoms with Gasteiger partial charge in [0.15, 0.2) is 18.1 Å². The number of benzene rings is 3. The van der Waals surface area contributed by atoms with Crippen molar-refractivity contribution >= 4 is 23.5 Å². The van der Waals surface area contributed by atoms with Gasteiger partial charge in [0.2, 0.25) is 0 Å². The van der Waals surface area contributed by atoms with E-state index in [1.54, 1.807) is 24.3 Å². The quantitative estimate of drug-likeness (QED) is 0.487. The number of carbonyl (C=O) groups is 3. The SMILES string of the molecule is COc1ccc(C(=O)NCC(=O)OCC(=O)Nc2ccccc2-c2ccccc2)cc1OC. The van der Waals surface area contributed by atoms with Gasteiger partial charge in [0.1, 0.15) is 6.54 Å². The normalized spacial score (nSPS) is 10.1. The second-order valence-corrected chi connectivity index (χ2v) is 6.87. The van der Waals surface area contributed by atoms with Gasteiger partial charge in [0.05, 0.1) is 14.2 Å². The fraction of sp³-hybridized carbons (Fsp3) is 0.160. The zero-order chi connectivity index (χ0) is 23.6. The Kier molecular flexibility index (Phi) is 8.02. The molecule has 2 N–H and O–H groups in total. The van der Waals surface area contributed by atoms with Crippen LogP contribution in [-0.4, -0.2) is 45.2 Å². The van der Waals surface area contributed by atoms with Gasteiger partial charge in [-0.25, -0.2) is 0 Å². The van der Waals surface area contributed by atoms with Crippen molar-refractivity contribution in [2.24, 2.45) is 0 Å². The third kappa shape index (κ3) is 6.33. The summed E-state index contributed by atoms with van der Waals surface area (Å²) in [5.41, 5.74) is 2.69. The monoisotopic (exact) mass is 448 g/mol. The number of rotatable bonds is 9. The number of ether oxygens (including phenoxy) is 3. The maximum absolute atomic E-state index is 12.3. The van der Waals surface area contributed by atoms with Gasteiger partial charge in [-0.05, 0) is 29.8 Å². The molecule has 0 saturated carbocycles. The summed E-state index contributed by atoms with van der Waals surface area (Å²) in [6.07, 6.45) is 0. The van der Waals surface area contributed by atoms with Gasteiger partial charge >= 0.3 is 5.97 Å². The van der Waals surface area contributed by atoms with Crippen molar-refractivity contribution in [1.29, 1.82) is 0 Å². The van der Waals surface area contributed by atoms with Gasteiger partial charge < -0.3 is 24.8 Å². The van der Waals surface area contributed by atoms with Crippen molar-refractivity contribution in [3.63, 3.8) is 0 Å². The van der Waals surface area contributed by atoms with E-state index in [9.17, 15) is 14.4 Å². The Hall–Kier alpha value is -4.33. The van der Waals surface area contributed by atoms with Crippen molar-refractivity contribution < 1.29 is 28.6 Å². The maximum Gasteiger partial charge on any atom is 0.325 e. The number of methoxy groups -OCH3 is 2. The lowest BCUT2D eigenvalue weighted by molar-refractivity contribution is -0.146. The van der Waals surface area contributed by atoms with Crippen LogP contribution in [0, 0.1) is 0 Å². The Bertz CT molecular complexity index is 1130. The number of hydrogen-bond acceptors (Lipinski definition) is 6. The molecule has 0 aliphatic carbocycles. The molecular formula is C25H24N2O6. The Morgan fingerprint density at radius 1 is 0.818 bits per heavy atom. The first-order valence-electron chi connectivity index (χ1n) is 10.1. The third-order valence-corrected chi connectivity index (χ3v) is 4.69. The van der Waals surface area contributed by atoms with E-state index in [-0.39, 0.29) is 12.1 Å². The van der Waals surface area contributed by atoms with Crippen molar-refractivity contribution in [3.05, 3.63) is 78.4 Å². The van der Waals surface area contributed by atoms with E-state index in [1.165, 1.54) is 20.3 Å². The van der Waals surface area contributed by atoms with E-state index in [2.05, 4.69) is 10.6 Å². The summed E-state index contributed by atoms with van der Waals surface area (Å²) in [5, 5.41) is 5.20. The largest absolute Gasteiger partial charge is 0.493 e. The van der Waals surface area contributed by atoms with Crippen LogP contribution in [0.25, 0.3) is 11.1 Å². The smallest absolute Gasteiger partial charge is 0.325 e. The standard InChI is InChI=1S/C25H24N2O6/c1-31-21-13-12-18(14-22(21)32-2)25(30)26-15-24(29)33-16-23(28)27-20-11-7-6-10-19(20)17-8-4-3-5-9-17/h3-14H,15-16H2,1-2H3,(H,26,30)(H,27,28). The highest BCUT2D eigenvalue weighted by molar-refractivity contribution is 5.98. The predicted molar refractivity (Wildman–Crippen MR) is 123 cm³/mol. The van der Waals surface area contributed by atoms with Crippen molar-refractivity contribution in [3.8, 4) is 22.6 Å². The molecule has 0 spiro atoms. The average molecular weight is 448 g/mol. The molecule has 8 heteroatoms. The molecule has 8 nitrogen and oxygen atoms in total. The molecule has 0 heterocycles. The highest BCUT2D eigenvalue weighted by Gasteiger charge is 2.14. The lowest BCUT2D eigenvalue weighted by Gasteiger charge is -2.12. The highest BCUT2D eigenvalue weighted by atomic mass is 16.5. The summed E-state index contributed by atoms with van der Waals surface area (Å²) >= 11 is 0. The number of amides is 2. The van der Waals surface area contributed by atoms with Crippen molar-refractivity contribution in [2.45, 2.75) is 0 Å². The van der Waals surface area contributed by atoms with E-state index < -0.39 is 24.4 Å². The van der Waals surface area contributed by atoms with Crippen LogP contribution in [0.3, 0.4) is 0 Å². The summed E-state index contributed by atoms with van der Waals surface area (Å²) in [5.74, 6) is -0.851. The zero-order valence-corrected chi connectivity index (χ0v) is 18.3. The van der Waals surface area contributed by atoms with Gasteiger partial charge in [0.25, 0.3) is 11.8 Å². The van der Waals surface area contributed by atoms with Crippen LogP contribution in [0.4, 0.5) is 5.69 Å². The summed E-state index contributed by atoms with van der Waals surface area (Å²) in [6.45, 7) is -0.866. The fourth-order valence-electron chi connectivity index (χ4n) is 3.08. The highest BCUT2D eigenvalue weighted by Crippen LogP contribution is 2.28. The second-order valence-electron chi connectivity index (χ2n) is 6.87. The van der Waals surface area contributed by atoms with Gasteiger partial charge in [-0.1, -0.05) is 48.5 Å². The van der Waals surface area contributed by atoms with Crippen LogP contribution >= 0.6 is 0 Å². The zero-order valence-electron chi connectivity index (χ0n) is 18.3. The lowest BCUT2D eigenvalue weighted by Crippen LogP contribution is -2.32. The predicted octanol–water partition coefficient (Wildman–Crippen LogP) is 3.28. The number of esters is 1. The van der Waals surface area contributed by atoms with Crippen molar-refractivity contribution in [1.82, 2.24) is 5.32 Å². The summed E-state index contributed by atoms with van der Waals surface area (Å²) in [4.78, 5) is 36.5. The maximum atomic E-state index is 12.3. The minimum atomic E-state index is -0.740. The number of carbonyl (C=O) groups excluding carboxylic acids is 3. The second kappa shape index (κ2) is 11.3. The van der Waals surface area contributed by atoms with Crippen LogP contribution in [-0.2, 0) is 14.3 Å². The first kappa shape index (κ1) is 23.3. The third-order valence-electron chi connectivity index (χ3n) is 4.69. The number of anilines is 1. The van der Waals surface area contributed by atoms with Crippen LogP contribution in [0.2, 0.25) is 0 Å². The van der Waals surface area contributed by atoms with Gasteiger partial charge in [-0.2, -0.15) is 0 Å². The molecule has 3 aromatic rings. The van der Waals surface area contributed by atoms with Gasteiger partial charge in [-0.15, -0.1) is 0 Å². The average Bonchev–Trinajstić information content (AvgIpc) is 2.86. The molecule has 0 radical (unpaired) electrons. The number of hydrogen-bond donors (Lipinski definition) is 2. The molecule has 33 heavy (non-hydrogen) atoms. The Morgan fingerprint density at radius 3 is 2.24 bits per heavy atom.